The molecule has 6 heteroatoms. The van der Waals surface area contributed by atoms with E-state index in [-0.39, 0.29) is 23.7 Å². The number of nitrogens with one attached hydrogen (secondary N) is 1. The minimum absolute atomic E-state index is 0.0949. The van der Waals surface area contributed by atoms with Crippen molar-refractivity contribution >= 4 is 12.0 Å². The van der Waals surface area contributed by atoms with E-state index in [1.165, 1.54) is 7.11 Å². The highest BCUT2D eigenvalue weighted by Crippen LogP contribution is 2.24. The number of amides is 2. The number of aromatic carboxylic acids is 1. The summed E-state index contributed by atoms with van der Waals surface area (Å²) in [6, 6.07) is 4.80. The number of hydrogen-bond acceptors (Lipinski definition) is 3. The van der Waals surface area contributed by atoms with Gasteiger partial charge in [0.2, 0.25) is 0 Å². The number of carboxylic acids is 1. The first-order valence-electron chi connectivity index (χ1n) is 7.92. The Morgan fingerprint density at radius 3 is 2.74 bits per heavy atom. The van der Waals surface area contributed by atoms with Crippen molar-refractivity contribution in [3.63, 3.8) is 0 Å². The van der Waals surface area contributed by atoms with Gasteiger partial charge in [-0.25, -0.2) is 9.59 Å². The first-order chi connectivity index (χ1) is 10.9. The molecule has 1 unspecified atom stereocenters. The number of likely N-dealkylation sites (tertiary alicyclic amines) is 1. The van der Waals surface area contributed by atoms with Crippen LogP contribution in [0.1, 0.15) is 55.1 Å². The zero-order valence-electron chi connectivity index (χ0n) is 13.8. The Hall–Kier alpha value is -2.24. The first-order valence-corrected chi connectivity index (χ1v) is 7.92. The van der Waals surface area contributed by atoms with Gasteiger partial charge in [0, 0.05) is 12.6 Å². The lowest BCUT2D eigenvalue weighted by Gasteiger charge is -2.34. The minimum Gasteiger partial charge on any atom is -0.496 e. The van der Waals surface area contributed by atoms with Gasteiger partial charge in [0.15, 0.2) is 0 Å². The molecular weight excluding hydrogens is 296 g/mol. The van der Waals surface area contributed by atoms with E-state index in [4.69, 9.17) is 4.74 Å². The van der Waals surface area contributed by atoms with Gasteiger partial charge in [-0.1, -0.05) is 6.07 Å². The summed E-state index contributed by atoms with van der Waals surface area (Å²) in [6.07, 6.45) is 3.20. The third-order valence-electron chi connectivity index (χ3n) is 4.36. The highest BCUT2D eigenvalue weighted by atomic mass is 16.5. The molecule has 1 fully saturated rings. The van der Waals surface area contributed by atoms with Crippen molar-refractivity contribution in [3.05, 3.63) is 29.3 Å². The Morgan fingerprint density at radius 1 is 1.39 bits per heavy atom. The number of urea groups is 1. The van der Waals surface area contributed by atoms with Gasteiger partial charge in [-0.15, -0.1) is 0 Å². The second-order valence-electron chi connectivity index (χ2n) is 5.97. The van der Waals surface area contributed by atoms with Crippen molar-refractivity contribution in [2.45, 2.75) is 45.2 Å². The molecule has 126 valence electrons. The van der Waals surface area contributed by atoms with Crippen LogP contribution in [0.4, 0.5) is 4.79 Å². The zero-order valence-corrected chi connectivity index (χ0v) is 13.8. The number of rotatable bonds is 4. The van der Waals surface area contributed by atoms with Crippen molar-refractivity contribution in [2.75, 3.05) is 13.7 Å². The van der Waals surface area contributed by atoms with Gasteiger partial charge in [-0.3, -0.25) is 0 Å². The molecule has 0 spiro atoms. The molecule has 2 atom stereocenters. The average molecular weight is 320 g/mol. The monoisotopic (exact) mass is 320 g/mol. The average Bonchev–Trinajstić information content (AvgIpc) is 2.54. The molecule has 23 heavy (non-hydrogen) atoms. The SMILES string of the molecule is COc1ccc([C@H](C)NC(=O)N2CCCCC2C)cc1C(=O)O. The van der Waals surface area contributed by atoms with Crippen LogP contribution >= 0.6 is 0 Å². The maximum atomic E-state index is 12.4. The number of benzene rings is 1. The molecular formula is C17H24N2O4. The summed E-state index contributed by atoms with van der Waals surface area (Å²) in [5.41, 5.74) is 0.832. The lowest BCUT2D eigenvalue weighted by molar-refractivity contribution is 0.0693. The normalized spacial score (nSPS) is 19.1. The Morgan fingerprint density at radius 2 is 2.13 bits per heavy atom. The minimum atomic E-state index is -1.05. The van der Waals surface area contributed by atoms with E-state index in [0.29, 0.717) is 5.75 Å². The molecule has 0 radical (unpaired) electrons. The number of nitrogens with zero attached hydrogens (tertiary/aromatic N) is 1. The molecule has 1 aromatic rings. The Bertz CT molecular complexity index is 588. The maximum absolute atomic E-state index is 12.4. The summed E-state index contributed by atoms with van der Waals surface area (Å²) >= 11 is 0. The van der Waals surface area contributed by atoms with Crippen LogP contribution in [-0.2, 0) is 0 Å². The quantitative estimate of drug-likeness (QED) is 0.894. The van der Waals surface area contributed by atoms with Gasteiger partial charge in [0.25, 0.3) is 0 Å². The van der Waals surface area contributed by atoms with Gasteiger partial charge < -0.3 is 20.1 Å². The van der Waals surface area contributed by atoms with E-state index in [1.807, 2.05) is 11.8 Å². The van der Waals surface area contributed by atoms with Crippen molar-refractivity contribution in [1.29, 1.82) is 0 Å². The predicted molar refractivity (Wildman–Crippen MR) is 86.9 cm³/mol. The Kier molecular flexibility index (Phi) is 5.47. The van der Waals surface area contributed by atoms with Crippen LogP contribution in [-0.4, -0.2) is 41.7 Å². The molecule has 0 aliphatic carbocycles. The topological polar surface area (TPSA) is 78.9 Å². The summed E-state index contributed by atoms with van der Waals surface area (Å²) in [5.74, 6) is -0.740. The Balaban J connectivity index is 2.11. The number of piperidine rings is 1. The molecule has 2 amide bonds. The third-order valence-corrected chi connectivity index (χ3v) is 4.36. The van der Waals surface area contributed by atoms with Crippen LogP contribution in [0.3, 0.4) is 0 Å². The Labute approximate surface area is 136 Å². The van der Waals surface area contributed by atoms with E-state index in [1.54, 1.807) is 18.2 Å². The molecule has 0 saturated carbocycles. The summed E-state index contributed by atoms with van der Waals surface area (Å²) < 4.78 is 5.06. The van der Waals surface area contributed by atoms with Crippen molar-refractivity contribution in [3.8, 4) is 5.75 Å². The number of ether oxygens (including phenoxy) is 1. The van der Waals surface area contributed by atoms with E-state index >= 15 is 0 Å². The molecule has 6 nitrogen and oxygen atoms in total. The maximum Gasteiger partial charge on any atom is 0.339 e. The van der Waals surface area contributed by atoms with Gasteiger partial charge >= 0.3 is 12.0 Å². The molecule has 1 aliphatic heterocycles. The second kappa shape index (κ2) is 7.35. The molecule has 0 bridgehead atoms. The standard InChI is InChI=1S/C17H24N2O4/c1-11-6-4-5-9-19(11)17(22)18-12(2)13-7-8-15(23-3)14(10-13)16(20)21/h7-8,10-12H,4-6,9H2,1-3H3,(H,18,22)(H,20,21)/t11?,12-/m0/s1. The van der Waals surface area contributed by atoms with E-state index < -0.39 is 5.97 Å². The number of methoxy groups -OCH3 is 1. The summed E-state index contributed by atoms with van der Waals surface area (Å²) in [4.78, 5) is 25.5. The van der Waals surface area contributed by atoms with Crippen molar-refractivity contribution < 1.29 is 19.4 Å². The van der Waals surface area contributed by atoms with Crippen LogP contribution in [0, 0.1) is 0 Å². The number of hydrogen-bond donors (Lipinski definition) is 2. The third kappa shape index (κ3) is 3.94. The number of carbonyl (C=O) groups excluding carboxylic acids is 1. The van der Waals surface area contributed by atoms with Crippen molar-refractivity contribution in [2.24, 2.45) is 0 Å². The lowest BCUT2D eigenvalue weighted by Crippen LogP contribution is -2.48. The summed E-state index contributed by atoms with van der Waals surface area (Å²) in [7, 11) is 1.43. The van der Waals surface area contributed by atoms with E-state index in [9.17, 15) is 14.7 Å². The van der Waals surface area contributed by atoms with Crippen LogP contribution in [0.5, 0.6) is 5.75 Å². The highest BCUT2D eigenvalue weighted by molar-refractivity contribution is 5.91. The second-order valence-corrected chi connectivity index (χ2v) is 5.97. The molecule has 1 saturated heterocycles. The molecule has 2 N–H and O–H groups in total. The predicted octanol–water partition coefficient (Wildman–Crippen LogP) is 3.04. The van der Waals surface area contributed by atoms with Crippen LogP contribution in [0.25, 0.3) is 0 Å². The first kappa shape index (κ1) is 17.1. The lowest BCUT2D eigenvalue weighted by atomic mass is 10.0. The molecule has 2 rings (SSSR count). The van der Waals surface area contributed by atoms with Gasteiger partial charge in [0.1, 0.15) is 11.3 Å². The van der Waals surface area contributed by atoms with E-state index in [0.717, 1.165) is 31.4 Å². The van der Waals surface area contributed by atoms with Gasteiger partial charge in [-0.2, -0.15) is 0 Å². The zero-order chi connectivity index (χ0) is 17.0. The van der Waals surface area contributed by atoms with Crippen molar-refractivity contribution in [1.82, 2.24) is 10.2 Å². The van der Waals surface area contributed by atoms with E-state index in [2.05, 4.69) is 12.2 Å². The molecule has 0 aromatic heterocycles. The number of carboxylic acid groups (broad SMARTS) is 1. The molecule has 1 aliphatic rings. The summed E-state index contributed by atoms with van der Waals surface area (Å²) in [5, 5.41) is 12.2. The molecule has 1 aromatic carbocycles. The fraction of sp³-hybridized carbons (Fsp3) is 0.529. The smallest absolute Gasteiger partial charge is 0.339 e. The fourth-order valence-electron chi connectivity index (χ4n) is 2.91. The summed E-state index contributed by atoms with van der Waals surface area (Å²) in [6.45, 7) is 4.67. The van der Waals surface area contributed by atoms with Crippen LogP contribution in [0.2, 0.25) is 0 Å². The van der Waals surface area contributed by atoms with Crippen LogP contribution in [0.15, 0.2) is 18.2 Å². The van der Waals surface area contributed by atoms with Crippen LogP contribution < -0.4 is 10.1 Å². The van der Waals surface area contributed by atoms with Gasteiger partial charge in [0.05, 0.1) is 13.2 Å². The highest BCUT2D eigenvalue weighted by Gasteiger charge is 2.24. The number of carbonyl (C=O) groups is 2. The van der Waals surface area contributed by atoms with Gasteiger partial charge in [-0.05, 0) is 50.8 Å². The fourth-order valence-corrected chi connectivity index (χ4v) is 2.91. The largest absolute Gasteiger partial charge is 0.496 e. The molecule has 1 heterocycles.